The summed E-state index contributed by atoms with van der Waals surface area (Å²) >= 11 is 0. The highest BCUT2D eigenvalue weighted by atomic mass is 14.3. The second kappa shape index (κ2) is 5.86. The van der Waals surface area contributed by atoms with Gasteiger partial charge in [0.2, 0.25) is 0 Å². The molecule has 0 saturated carbocycles. The number of hydrogen-bond acceptors (Lipinski definition) is 0. The van der Waals surface area contributed by atoms with Crippen LogP contribution in [-0.4, -0.2) is 0 Å². The minimum absolute atomic E-state index is 0.289. The molecule has 94 valence electrons. The van der Waals surface area contributed by atoms with E-state index in [0.717, 1.165) is 6.42 Å². The minimum atomic E-state index is 0.289. The Bertz CT molecular complexity index is 458. The predicted octanol–water partition coefficient (Wildman–Crippen LogP) is 4.99. The summed E-state index contributed by atoms with van der Waals surface area (Å²) in [5.74, 6) is 0. The van der Waals surface area contributed by atoms with Crippen LogP contribution in [0.5, 0.6) is 0 Å². The van der Waals surface area contributed by atoms with Gasteiger partial charge in [0.15, 0.2) is 0 Å². The fourth-order valence-corrected chi connectivity index (χ4v) is 2.43. The lowest BCUT2D eigenvalue weighted by atomic mass is 9.76. The second-order valence-corrected chi connectivity index (χ2v) is 5.27. The van der Waals surface area contributed by atoms with Crippen LogP contribution in [0, 0.1) is 0 Å². The summed E-state index contributed by atoms with van der Waals surface area (Å²) in [4.78, 5) is 0. The van der Waals surface area contributed by atoms with E-state index in [9.17, 15) is 0 Å². The Morgan fingerprint density at radius 2 is 1.39 bits per heavy atom. The number of benzene rings is 2. The molecule has 0 aromatic heterocycles. The van der Waals surface area contributed by atoms with Crippen molar-refractivity contribution in [3.8, 4) is 0 Å². The largest absolute Gasteiger partial charge is 0.0645 e. The lowest BCUT2D eigenvalue weighted by Crippen LogP contribution is -2.21. The Labute approximate surface area is 111 Å². The summed E-state index contributed by atoms with van der Waals surface area (Å²) in [5, 5.41) is 0. The van der Waals surface area contributed by atoms with Gasteiger partial charge >= 0.3 is 0 Å². The maximum atomic E-state index is 2.38. The summed E-state index contributed by atoms with van der Waals surface area (Å²) < 4.78 is 0. The minimum Gasteiger partial charge on any atom is -0.0645 e. The van der Waals surface area contributed by atoms with E-state index in [1.54, 1.807) is 0 Å². The van der Waals surface area contributed by atoms with E-state index in [4.69, 9.17) is 0 Å². The third kappa shape index (κ3) is 3.01. The normalized spacial score (nSPS) is 14.1. The Balaban J connectivity index is 2.10. The van der Waals surface area contributed by atoms with Gasteiger partial charge in [-0.3, -0.25) is 0 Å². The smallest absolute Gasteiger partial charge is 0.00747 e. The van der Waals surface area contributed by atoms with Crippen LogP contribution in [0.15, 0.2) is 60.7 Å². The van der Waals surface area contributed by atoms with Crippen molar-refractivity contribution < 1.29 is 0 Å². The molecule has 0 amide bonds. The molecule has 0 nitrogen and oxygen atoms in total. The molecule has 0 heterocycles. The first kappa shape index (κ1) is 12.9. The molecule has 0 aliphatic carbocycles. The van der Waals surface area contributed by atoms with Crippen LogP contribution < -0.4 is 0 Å². The zero-order valence-electron chi connectivity index (χ0n) is 11.4. The number of aryl methyl sites for hydroxylation is 1. The van der Waals surface area contributed by atoms with E-state index < -0.39 is 0 Å². The van der Waals surface area contributed by atoms with Crippen LogP contribution in [0.2, 0.25) is 0 Å². The molecule has 0 N–H and O–H groups in total. The first-order chi connectivity index (χ1) is 8.74. The Hall–Kier alpha value is -1.56. The monoisotopic (exact) mass is 238 g/mol. The van der Waals surface area contributed by atoms with E-state index in [2.05, 4.69) is 74.5 Å². The highest BCUT2D eigenvalue weighted by Gasteiger charge is 2.23. The molecular formula is C18H22. The third-order valence-electron chi connectivity index (χ3n) is 4.06. The molecule has 0 aliphatic rings. The van der Waals surface area contributed by atoms with Gasteiger partial charge in [-0.15, -0.1) is 0 Å². The van der Waals surface area contributed by atoms with Crippen molar-refractivity contribution in [1.82, 2.24) is 0 Å². The zero-order valence-corrected chi connectivity index (χ0v) is 11.4. The summed E-state index contributed by atoms with van der Waals surface area (Å²) in [6.07, 6.45) is 3.54. The van der Waals surface area contributed by atoms with E-state index in [1.165, 1.54) is 24.0 Å². The van der Waals surface area contributed by atoms with Crippen molar-refractivity contribution in [2.75, 3.05) is 0 Å². The van der Waals surface area contributed by atoms with Gasteiger partial charge in [0.05, 0.1) is 0 Å². The SMILES string of the molecule is CCC(C)(CCc1ccccc1)c1ccccc1. The maximum Gasteiger partial charge on any atom is -0.00747 e. The van der Waals surface area contributed by atoms with Crippen molar-refractivity contribution in [3.63, 3.8) is 0 Å². The fourth-order valence-electron chi connectivity index (χ4n) is 2.43. The van der Waals surface area contributed by atoms with Crippen molar-refractivity contribution in [2.45, 2.75) is 38.5 Å². The quantitative estimate of drug-likeness (QED) is 0.688. The second-order valence-electron chi connectivity index (χ2n) is 5.27. The Kier molecular flexibility index (Phi) is 4.19. The molecule has 0 saturated heterocycles. The molecule has 0 fully saturated rings. The van der Waals surface area contributed by atoms with Crippen molar-refractivity contribution in [2.24, 2.45) is 0 Å². The molecule has 0 radical (unpaired) electrons. The predicted molar refractivity (Wildman–Crippen MR) is 78.8 cm³/mol. The molecule has 1 atom stereocenters. The van der Waals surface area contributed by atoms with Gasteiger partial charge in [-0.25, -0.2) is 0 Å². The van der Waals surface area contributed by atoms with Gasteiger partial charge in [-0.1, -0.05) is 74.5 Å². The van der Waals surface area contributed by atoms with E-state index >= 15 is 0 Å². The van der Waals surface area contributed by atoms with Crippen LogP contribution in [-0.2, 0) is 11.8 Å². The average Bonchev–Trinajstić information content (AvgIpc) is 2.47. The van der Waals surface area contributed by atoms with E-state index in [-0.39, 0.29) is 5.41 Å². The van der Waals surface area contributed by atoms with Crippen molar-refractivity contribution >= 4 is 0 Å². The van der Waals surface area contributed by atoms with Gasteiger partial charge in [-0.2, -0.15) is 0 Å². The number of hydrogen-bond donors (Lipinski definition) is 0. The van der Waals surface area contributed by atoms with Gasteiger partial charge < -0.3 is 0 Å². The van der Waals surface area contributed by atoms with Crippen LogP contribution >= 0.6 is 0 Å². The third-order valence-corrected chi connectivity index (χ3v) is 4.06. The van der Waals surface area contributed by atoms with Gasteiger partial charge in [0, 0.05) is 0 Å². The molecule has 0 spiro atoms. The molecule has 2 aromatic rings. The first-order valence-corrected chi connectivity index (χ1v) is 6.84. The molecular weight excluding hydrogens is 216 g/mol. The maximum absolute atomic E-state index is 2.38. The van der Waals surface area contributed by atoms with E-state index in [0.29, 0.717) is 0 Å². The van der Waals surface area contributed by atoms with Crippen LogP contribution in [0.4, 0.5) is 0 Å². The molecule has 18 heavy (non-hydrogen) atoms. The lowest BCUT2D eigenvalue weighted by Gasteiger charge is -2.29. The fraction of sp³-hybridized carbons (Fsp3) is 0.333. The topological polar surface area (TPSA) is 0 Å². The molecule has 1 unspecified atom stereocenters. The molecule has 2 rings (SSSR count). The average molecular weight is 238 g/mol. The summed E-state index contributed by atoms with van der Waals surface area (Å²) in [6.45, 7) is 4.67. The van der Waals surface area contributed by atoms with Crippen molar-refractivity contribution in [3.05, 3.63) is 71.8 Å². The molecule has 2 aromatic carbocycles. The zero-order chi connectivity index (χ0) is 12.8. The summed E-state index contributed by atoms with van der Waals surface area (Å²) in [5.41, 5.74) is 3.19. The number of rotatable bonds is 5. The van der Waals surface area contributed by atoms with Gasteiger partial charge in [0.1, 0.15) is 0 Å². The first-order valence-electron chi connectivity index (χ1n) is 6.84. The van der Waals surface area contributed by atoms with Gasteiger partial charge in [-0.05, 0) is 35.8 Å². The summed E-state index contributed by atoms with van der Waals surface area (Å²) in [7, 11) is 0. The standard InChI is InChI=1S/C18H22/c1-3-18(2,17-12-8-5-9-13-17)15-14-16-10-6-4-7-11-16/h4-13H,3,14-15H2,1-2H3. The molecule has 0 heteroatoms. The summed E-state index contributed by atoms with van der Waals surface area (Å²) in [6, 6.07) is 21.7. The van der Waals surface area contributed by atoms with Crippen molar-refractivity contribution in [1.29, 1.82) is 0 Å². The van der Waals surface area contributed by atoms with Crippen LogP contribution in [0.25, 0.3) is 0 Å². The van der Waals surface area contributed by atoms with Crippen LogP contribution in [0.3, 0.4) is 0 Å². The van der Waals surface area contributed by atoms with E-state index in [1.807, 2.05) is 0 Å². The van der Waals surface area contributed by atoms with Gasteiger partial charge in [0.25, 0.3) is 0 Å². The molecule has 0 bridgehead atoms. The lowest BCUT2D eigenvalue weighted by molar-refractivity contribution is 0.419. The Morgan fingerprint density at radius 3 is 1.94 bits per heavy atom. The van der Waals surface area contributed by atoms with Crippen LogP contribution in [0.1, 0.15) is 37.8 Å². The Morgan fingerprint density at radius 1 is 0.833 bits per heavy atom. The molecule has 0 aliphatic heterocycles. The highest BCUT2D eigenvalue weighted by Crippen LogP contribution is 2.32. The highest BCUT2D eigenvalue weighted by molar-refractivity contribution is 5.25.